The number of nitrogens with zero attached hydrogens (tertiary/aromatic N) is 1. The summed E-state index contributed by atoms with van der Waals surface area (Å²) in [6.45, 7) is 2.74. The van der Waals surface area contributed by atoms with Crippen LogP contribution in [-0.2, 0) is 11.3 Å². The van der Waals surface area contributed by atoms with Gasteiger partial charge in [-0.2, -0.15) is 0 Å². The molecular weight excluding hydrogens is 212 g/mol. The van der Waals surface area contributed by atoms with E-state index >= 15 is 0 Å². The summed E-state index contributed by atoms with van der Waals surface area (Å²) in [4.78, 5) is 4.36. The summed E-state index contributed by atoms with van der Waals surface area (Å²) in [5.41, 5.74) is 2.29. The molecule has 0 unspecified atom stereocenters. The highest BCUT2D eigenvalue weighted by Crippen LogP contribution is 2.22. The number of hydrogen-bond acceptors (Lipinski definition) is 3. The molecule has 0 bridgehead atoms. The van der Waals surface area contributed by atoms with Crippen LogP contribution >= 0.6 is 0 Å². The maximum atomic E-state index is 5.95. The van der Waals surface area contributed by atoms with Crippen LogP contribution in [0.2, 0.25) is 0 Å². The van der Waals surface area contributed by atoms with Gasteiger partial charge in [0.15, 0.2) is 0 Å². The minimum Gasteiger partial charge on any atom is -0.372 e. The SMILES string of the molecule is CNC1CCC(OCc2ncccc2C)CC1. The lowest BCUT2D eigenvalue weighted by Gasteiger charge is -2.28. The normalized spacial score (nSPS) is 24.8. The van der Waals surface area contributed by atoms with E-state index < -0.39 is 0 Å². The molecule has 0 atom stereocenters. The number of pyridine rings is 1. The molecule has 0 saturated heterocycles. The van der Waals surface area contributed by atoms with E-state index in [1.165, 1.54) is 18.4 Å². The maximum Gasteiger partial charge on any atom is 0.0894 e. The highest BCUT2D eigenvalue weighted by Gasteiger charge is 2.20. The minimum atomic E-state index is 0.418. The summed E-state index contributed by atoms with van der Waals surface area (Å²) in [5.74, 6) is 0. The molecule has 0 aromatic carbocycles. The molecular formula is C14H22N2O. The zero-order valence-corrected chi connectivity index (χ0v) is 10.8. The van der Waals surface area contributed by atoms with Gasteiger partial charge in [0.25, 0.3) is 0 Å². The van der Waals surface area contributed by atoms with Crippen molar-refractivity contribution in [1.29, 1.82) is 0 Å². The molecule has 94 valence electrons. The van der Waals surface area contributed by atoms with Gasteiger partial charge in [-0.25, -0.2) is 0 Å². The molecule has 17 heavy (non-hydrogen) atoms. The molecule has 1 aliphatic rings. The van der Waals surface area contributed by atoms with E-state index in [9.17, 15) is 0 Å². The first kappa shape index (κ1) is 12.5. The third-order valence-corrected chi connectivity index (χ3v) is 3.66. The van der Waals surface area contributed by atoms with Crippen molar-refractivity contribution in [2.24, 2.45) is 0 Å². The Hall–Kier alpha value is -0.930. The van der Waals surface area contributed by atoms with E-state index in [0.29, 0.717) is 18.8 Å². The van der Waals surface area contributed by atoms with Crippen LogP contribution in [0.25, 0.3) is 0 Å². The highest BCUT2D eigenvalue weighted by atomic mass is 16.5. The van der Waals surface area contributed by atoms with Gasteiger partial charge in [0, 0.05) is 12.2 Å². The molecule has 0 amide bonds. The van der Waals surface area contributed by atoms with E-state index in [1.54, 1.807) is 0 Å². The third kappa shape index (κ3) is 3.51. The lowest BCUT2D eigenvalue weighted by Crippen LogP contribution is -2.32. The lowest BCUT2D eigenvalue weighted by atomic mass is 9.93. The second-order valence-corrected chi connectivity index (χ2v) is 4.84. The molecule has 1 aliphatic carbocycles. The molecule has 1 aromatic rings. The van der Waals surface area contributed by atoms with Crippen LogP contribution in [0.15, 0.2) is 18.3 Å². The summed E-state index contributed by atoms with van der Waals surface area (Å²) < 4.78 is 5.95. The van der Waals surface area contributed by atoms with Crippen LogP contribution in [0.5, 0.6) is 0 Å². The first-order valence-electron chi connectivity index (χ1n) is 6.49. The fourth-order valence-corrected chi connectivity index (χ4v) is 2.38. The van der Waals surface area contributed by atoms with Crippen molar-refractivity contribution in [3.05, 3.63) is 29.6 Å². The van der Waals surface area contributed by atoms with Crippen LogP contribution in [0.4, 0.5) is 0 Å². The summed E-state index contributed by atoms with van der Waals surface area (Å²) in [6.07, 6.45) is 7.03. The smallest absolute Gasteiger partial charge is 0.0894 e. The maximum absolute atomic E-state index is 5.95. The zero-order valence-electron chi connectivity index (χ0n) is 10.8. The third-order valence-electron chi connectivity index (χ3n) is 3.66. The molecule has 1 heterocycles. The van der Waals surface area contributed by atoms with Gasteiger partial charge < -0.3 is 10.1 Å². The molecule has 0 radical (unpaired) electrons. The lowest BCUT2D eigenvalue weighted by molar-refractivity contribution is 0.0101. The number of nitrogens with one attached hydrogen (secondary N) is 1. The van der Waals surface area contributed by atoms with Gasteiger partial charge in [0.05, 0.1) is 18.4 Å². The molecule has 3 nitrogen and oxygen atoms in total. The molecule has 0 aliphatic heterocycles. The van der Waals surface area contributed by atoms with Gasteiger partial charge in [-0.05, 0) is 51.3 Å². The Labute approximate surface area is 104 Å². The topological polar surface area (TPSA) is 34.1 Å². The predicted molar refractivity (Wildman–Crippen MR) is 68.9 cm³/mol. The molecule has 3 heteroatoms. The highest BCUT2D eigenvalue weighted by molar-refractivity contribution is 5.16. The number of aryl methyl sites for hydroxylation is 1. The van der Waals surface area contributed by atoms with Crippen LogP contribution < -0.4 is 5.32 Å². The van der Waals surface area contributed by atoms with E-state index in [0.717, 1.165) is 18.5 Å². The van der Waals surface area contributed by atoms with Crippen LogP contribution in [0.1, 0.15) is 36.9 Å². The first-order chi connectivity index (χ1) is 8.29. The molecule has 1 N–H and O–H groups in total. The Bertz CT molecular complexity index is 346. The van der Waals surface area contributed by atoms with E-state index in [4.69, 9.17) is 4.74 Å². The number of hydrogen-bond donors (Lipinski definition) is 1. The minimum absolute atomic E-state index is 0.418. The fraction of sp³-hybridized carbons (Fsp3) is 0.643. The summed E-state index contributed by atoms with van der Waals surface area (Å²) >= 11 is 0. The number of ether oxygens (including phenoxy) is 1. The number of aromatic nitrogens is 1. The Balaban J connectivity index is 1.78. The quantitative estimate of drug-likeness (QED) is 0.869. The largest absolute Gasteiger partial charge is 0.372 e. The number of rotatable bonds is 4. The molecule has 2 rings (SSSR count). The van der Waals surface area contributed by atoms with Crippen molar-refractivity contribution >= 4 is 0 Å². The molecule has 1 saturated carbocycles. The average molecular weight is 234 g/mol. The summed E-state index contributed by atoms with van der Waals surface area (Å²) in [5, 5.41) is 3.34. The zero-order chi connectivity index (χ0) is 12.1. The Morgan fingerprint density at radius 2 is 2.12 bits per heavy atom. The van der Waals surface area contributed by atoms with E-state index in [2.05, 4.69) is 23.3 Å². The van der Waals surface area contributed by atoms with Crippen molar-refractivity contribution in [1.82, 2.24) is 10.3 Å². The predicted octanol–water partition coefficient (Wildman–Crippen LogP) is 2.44. The van der Waals surface area contributed by atoms with Crippen LogP contribution in [0.3, 0.4) is 0 Å². The van der Waals surface area contributed by atoms with Crippen molar-refractivity contribution < 1.29 is 4.74 Å². The standard InChI is InChI=1S/C14H22N2O/c1-11-4-3-9-16-14(11)10-17-13-7-5-12(15-2)6-8-13/h3-4,9,12-13,15H,5-8,10H2,1-2H3. The summed E-state index contributed by atoms with van der Waals surface area (Å²) in [7, 11) is 2.04. The van der Waals surface area contributed by atoms with Gasteiger partial charge >= 0.3 is 0 Å². The Morgan fingerprint density at radius 1 is 1.35 bits per heavy atom. The van der Waals surface area contributed by atoms with E-state index in [1.807, 2.05) is 19.3 Å². The van der Waals surface area contributed by atoms with Crippen molar-refractivity contribution in [3.8, 4) is 0 Å². The van der Waals surface area contributed by atoms with Gasteiger partial charge in [-0.3, -0.25) is 4.98 Å². The fourth-order valence-electron chi connectivity index (χ4n) is 2.38. The monoisotopic (exact) mass is 234 g/mol. The van der Waals surface area contributed by atoms with E-state index in [-0.39, 0.29) is 0 Å². The Morgan fingerprint density at radius 3 is 2.76 bits per heavy atom. The Kier molecular flexibility index (Phi) is 4.51. The second kappa shape index (κ2) is 6.12. The van der Waals surface area contributed by atoms with Gasteiger partial charge in [0.1, 0.15) is 0 Å². The van der Waals surface area contributed by atoms with Gasteiger partial charge in [0.2, 0.25) is 0 Å². The van der Waals surface area contributed by atoms with Crippen molar-refractivity contribution in [2.45, 2.75) is 51.4 Å². The average Bonchev–Trinajstić information content (AvgIpc) is 2.38. The summed E-state index contributed by atoms with van der Waals surface area (Å²) in [6, 6.07) is 4.74. The molecule has 1 fully saturated rings. The molecule has 1 aromatic heterocycles. The first-order valence-corrected chi connectivity index (χ1v) is 6.49. The molecule has 0 spiro atoms. The van der Waals surface area contributed by atoms with Crippen LogP contribution in [0, 0.1) is 6.92 Å². The van der Waals surface area contributed by atoms with Crippen molar-refractivity contribution in [2.75, 3.05) is 7.05 Å². The van der Waals surface area contributed by atoms with Gasteiger partial charge in [-0.1, -0.05) is 6.07 Å². The van der Waals surface area contributed by atoms with Crippen LogP contribution in [-0.4, -0.2) is 24.2 Å². The van der Waals surface area contributed by atoms with Crippen molar-refractivity contribution in [3.63, 3.8) is 0 Å². The van der Waals surface area contributed by atoms with Gasteiger partial charge in [-0.15, -0.1) is 0 Å². The second-order valence-electron chi connectivity index (χ2n) is 4.84.